The molecule has 2 heterocycles. The fraction of sp³-hybridized carbons (Fsp3) is 0.538. The summed E-state index contributed by atoms with van der Waals surface area (Å²) in [5.41, 5.74) is 2.14. The highest BCUT2D eigenvalue weighted by molar-refractivity contribution is 5.68. The first-order valence-electron chi connectivity index (χ1n) is 6.15. The fourth-order valence-electron chi connectivity index (χ4n) is 2.29. The number of piperidine rings is 1. The molecule has 1 unspecified atom stereocenters. The maximum Gasteiger partial charge on any atom is 0.170 e. The van der Waals surface area contributed by atoms with Crippen LogP contribution in [-0.4, -0.2) is 29.1 Å². The van der Waals surface area contributed by atoms with Gasteiger partial charge in [0.1, 0.15) is 17.9 Å². The molecule has 0 radical (unpaired) electrons. The van der Waals surface area contributed by atoms with E-state index in [0.717, 1.165) is 43.4 Å². The van der Waals surface area contributed by atoms with Gasteiger partial charge in [-0.2, -0.15) is 10.4 Å². The van der Waals surface area contributed by atoms with Gasteiger partial charge in [0.25, 0.3) is 0 Å². The van der Waals surface area contributed by atoms with Gasteiger partial charge in [-0.05, 0) is 38.7 Å². The van der Waals surface area contributed by atoms with Crippen LogP contribution in [0, 0.1) is 25.2 Å². The third-order valence-corrected chi connectivity index (χ3v) is 3.53. The predicted molar refractivity (Wildman–Crippen MR) is 67.3 cm³/mol. The van der Waals surface area contributed by atoms with Crippen LogP contribution in [-0.2, 0) is 4.79 Å². The molecule has 0 amide bonds. The monoisotopic (exact) mass is 244 g/mol. The van der Waals surface area contributed by atoms with Crippen LogP contribution in [0.5, 0.6) is 0 Å². The molecular formula is C13H16N4O. The number of aldehydes is 1. The van der Waals surface area contributed by atoms with E-state index in [1.807, 2.05) is 18.7 Å². The molecule has 1 aliphatic heterocycles. The number of carbonyl (C=O) groups excluding carboxylic acids is 1. The number of anilines is 1. The second-order valence-electron chi connectivity index (χ2n) is 4.61. The molecule has 0 bridgehead atoms. The molecule has 0 aromatic carbocycles. The average molecular weight is 244 g/mol. The molecule has 1 atom stereocenters. The van der Waals surface area contributed by atoms with Crippen LogP contribution in [0.15, 0.2) is 0 Å². The van der Waals surface area contributed by atoms with Gasteiger partial charge in [0.2, 0.25) is 0 Å². The summed E-state index contributed by atoms with van der Waals surface area (Å²) < 4.78 is 0. The minimum atomic E-state index is -0.178. The van der Waals surface area contributed by atoms with Crippen LogP contribution < -0.4 is 4.90 Å². The van der Waals surface area contributed by atoms with Gasteiger partial charge in [-0.1, -0.05) is 0 Å². The molecule has 94 valence electrons. The van der Waals surface area contributed by atoms with E-state index in [9.17, 15) is 10.1 Å². The molecule has 1 aromatic rings. The van der Waals surface area contributed by atoms with Crippen LogP contribution in [0.3, 0.4) is 0 Å². The van der Waals surface area contributed by atoms with Crippen molar-refractivity contribution in [2.75, 3.05) is 11.4 Å². The Labute approximate surface area is 106 Å². The van der Waals surface area contributed by atoms with E-state index in [4.69, 9.17) is 0 Å². The van der Waals surface area contributed by atoms with Crippen molar-refractivity contribution < 1.29 is 4.79 Å². The SMILES string of the molecule is Cc1nnc(N2CCCCC2C=O)c(C#N)c1C. The first kappa shape index (κ1) is 12.5. The summed E-state index contributed by atoms with van der Waals surface area (Å²) in [5, 5.41) is 17.5. The lowest BCUT2D eigenvalue weighted by Crippen LogP contribution is -2.41. The van der Waals surface area contributed by atoms with Crippen molar-refractivity contribution in [1.82, 2.24) is 10.2 Å². The molecule has 0 N–H and O–H groups in total. The largest absolute Gasteiger partial charge is 0.344 e. The zero-order valence-electron chi connectivity index (χ0n) is 10.7. The zero-order valence-corrected chi connectivity index (χ0v) is 10.7. The first-order valence-corrected chi connectivity index (χ1v) is 6.15. The van der Waals surface area contributed by atoms with E-state index in [1.165, 1.54) is 0 Å². The summed E-state index contributed by atoms with van der Waals surface area (Å²) in [5.74, 6) is 0.553. The minimum absolute atomic E-state index is 0.178. The summed E-state index contributed by atoms with van der Waals surface area (Å²) in [6.45, 7) is 4.46. The number of hydrogen-bond donors (Lipinski definition) is 0. The molecule has 18 heavy (non-hydrogen) atoms. The third-order valence-electron chi connectivity index (χ3n) is 3.53. The summed E-state index contributed by atoms with van der Waals surface area (Å²) in [7, 11) is 0. The average Bonchev–Trinajstić information content (AvgIpc) is 2.41. The summed E-state index contributed by atoms with van der Waals surface area (Å²) in [6.07, 6.45) is 3.82. The van der Waals surface area contributed by atoms with E-state index in [1.54, 1.807) is 0 Å². The Morgan fingerprint density at radius 1 is 1.39 bits per heavy atom. The van der Waals surface area contributed by atoms with Crippen molar-refractivity contribution in [2.45, 2.75) is 39.2 Å². The summed E-state index contributed by atoms with van der Waals surface area (Å²) >= 11 is 0. The molecule has 1 aromatic heterocycles. The number of hydrogen-bond acceptors (Lipinski definition) is 5. The molecule has 2 rings (SSSR count). The van der Waals surface area contributed by atoms with Crippen molar-refractivity contribution in [3.05, 3.63) is 16.8 Å². The lowest BCUT2D eigenvalue weighted by atomic mass is 10.0. The maximum atomic E-state index is 11.1. The molecular weight excluding hydrogens is 228 g/mol. The fourth-order valence-corrected chi connectivity index (χ4v) is 2.29. The van der Waals surface area contributed by atoms with Gasteiger partial charge >= 0.3 is 0 Å². The standard InChI is InChI=1S/C13H16N4O/c1-9-10(2)15-16-13(12(9)7-14)17-6-4-3-5-11(17)8-18/h8,11H,3-6H2,1-2H3. The molecule has 1 aliphatic rings. The van der Waals surface area contributed by atoms with Crippen LogP contribution in [0.2, 0.25) is 0 Å². The quantitative estimate of drug-likeness (QED) is 0.738. The highest BCUT2D eigenvalue weighted by Gasteiger charge is 2.26. The summed E-state index contributed by atoms with van der Waals surface area (Å²) in [6, 6.07) is 2.01. The van der Waals surface area contributed by atoms with Gasteiger partial charge < -0.3 is 9.69 Å². The third kappa shape index (κ3) is 2.06. The highest BCUT2D eigenvalue weighted by atomic mass is 16.1. The number of rotatable bonds is 2. The zero-order chi connectivity index (χ0) is 13.1. The van der Waals surface area contributed by atoms with E-state index in [-0.39, 0.29) is 6.04 Å². The van der Waals surface area contributed by atoms with Gasteiger partial charge in [-0.25, -0.2) is 0 Å². The van der Waals surface area contributed by atoms with Crippen LogP contribution in [0.25, 0.3) is 0 Å². The maximum absolute atomic E-state index is 11.1. The molecule has 5 heteroatoms. The lowest BCUT2D eigenvalue weighted by molar-refractivity contribution is -0.109. The Morgan fingerprint density at radius 3 is 2.83 bits per heavy atom. The van der Waals surface area contributed by atoms with E-state index in [2.05, 4.69) is 16.3 Å². The number of nitriles is 1. The Bertz CT molecular complexity index is 506. The van der Waals surface area contributed by atoms with Crippen molar-refractivity contribution in [3.8, 4) is 6.07 Å². The molecule has 5 nitrogen and oxygen atoms in total. The van der Waals surface area contributed by atoms with Crippen molar-refractivity contribution in [3.63, 3.8) is 0 Å². The van der Waals surface area contributed by atoms with Crippen molar-refractivity contribution in [1.29, 1.82) is 5.26 Å². The minimum Gasteiger partial charge on any atom is -0.344 e. The van der Waals surface area contributed by atoms with E-state index >= 15 is 0 Å². The Kier molecular flexibility index (Phi) is 3.56. The predicted octanol–water partition coefficient (Wildman–Crippen LogP) is 1.52. The van der Waals surface area contributed by atoms with Crippen LogP contribution in [0.4, 0.5) is 5.82 Å². The van der Waals surface area contributed by atoms with Gasteiger partial charge in [-0.3, -0.25) is 0 Å². The Balaban J connectivity index is 2.47. The van der Waals surface area contributed by atoms with Gasteiger partial charge in [-0.15, -0.1) is 5.10 Å². The van der Waals surface area contributed by atoms with Gasteiger partial charge in [0.15, 0.2) is 5.82 Å². The Hall–Kier alpha value is -1.96. The van der Waals surface area contributed by atoms with E-state index in [0.29, 0.717) is 11.4 Å². The smallest absolute Gasteiger partial charge is 0.170 e. The summed E-state index contributed by atoms with van der Waals surface area (Å²) in [4.78, 5) is 13.0. The van der Waals surface area contributed by atoms with Crippen LogP contribution >= 0.6 is 0 Å². The Morgan fingerprint density at radius 2 is 2.17 bits per heavy atom. The topological polar surface area (TPSA) is 69.9 Å². The van der Waals surface area contributed by atoms with Gasteiger partial charge in [0, 0.05) is 6.54 Å². The molecule has 0 spiro atoms. The molecule has 1 saturated heterocycles. The number of carbonyl (C=O) groups is 1. The van der Waals surface area contributed by atoms with Crippen molar-refractivity contribution >= 4 is 12.1 Å². The van der Waals surface area contributed by atoms with Crippen LogP contribution in [0.1, 0.15) is 36.1 Å². The molecule has 1 fully saturated rings. The molecule has 0 saturated carbocycles. The second-order valence-corrected chi connectivity index (χ2v) is 4.61. The number of nitrogens with zero attached hydrogens (tertiary/aromatic N) is 4. The number of aryl methyl sites for hydroxylation is 1. The molecule has 0 aliphatic carbocycles. The lowest BCUT2D eigenvalue weighted by Gasteiger charge is -2.33. The van der Waals surface area contributed by atoms with Gasteiger partial charge in [0.05, 0.1) is 11.7 Å². The van der Waals surface area contributed by atoms with E-state index < -0.39 is 0 Å². The van der Waals surface area contributed by atoms with Crippen molar-refractivity contribution in [2.24, 2.45) is 0 Å². The highest BCUT2D eigenvalue weighted by Crippen LogP contribution is 2.26. The number of aromatic nitrogens is 2. The normalized spacial score (nSPS) is 19.4. The second kappa shape index (κ2) is 5.13. The first-order chi connectivity index (χ1) is 8.69.